The van der Waals surface area contributed by atoms with Crippen LogP contribution in [-0.2, 0) is 4.74 Å². The van der Waals surface area contributed by atoms with Crippen LogP contribution in [0.5, 0.6) is 0 Å². The summed E-state index contributed by atoms with van der Waals surface area (Å²) in [5.41, 5.74) is -0.359. The lowest BCUT2D eigenvalue weighted by molar-refractivity contribution is -0.103. The number of halogens is 1. The van der Waals surface area contributed by atoms with Crippen LogP contribution in [0.2, 0.25) is 0 Å². The molecule has 3 heteroatoms. The van der Waals surface area contributed by atoms with E-state index in [0.29, 0.717) is 5.92 Å². The molecule has 2 fully saturated rings. The molecule has 0 aliphatic carbocycles. The Kier molecular flexibility index (Phi) is 2.04. The fourth-order valence-corrected chi connectivity index (χ4v) is 4.69. The van der Waals surface area contributed by atoms with Gasteiger partial charge < -0.3 is 9.84 Å². The topological polar surface area (TPSA) is 29.5 Å². The Morgan fingerprint density at radius 1 is 1.38 bits per heavy atom. The quantitative estimate of drug-likeness (QED) is 0.595. The Hall–Kier alpha value is 0.650. The van der Waals surface area contributed by atoms with Crippen LogP contribution in [0.1, 0.15) is 40.0 Å². The van der Waals surface area contributed by atoms with Gasteiger partial charge in [0.1, 0.15) is 9.21 Å². The second kappa shape index (κ2) is 2.61. The van der Waals surface area contributed by atoms with E-state index in [4.69, 9.17) is 4.74 Å². The van der Waals surface area contributed by atoms with Gasteiger partial charge in [0.05, 0.1) is 5.60 Å². The SMILES string of the molecule is CC(C)C12CCC(C)(CC1(O)I)O2. The second-order valence-corrected chi connectivity index (χ2v) is 6.82. The normalized spacial score (nSPS) is 54.9. The molecule has 0 saturated carbocycles. The highest BCUT2D eigenvalue weighted by molar-refractivity contribution is 14.1. The summed E-state index contributed by atoms with van der Waals surface area (Å²) in [6.07, 6.45) is 2.87. The summed E-state index contributed by atoms with van der Waals surface area (Å²) in [6, 6.07) is 0. The van der Waals surface area contributed by atoms with Crippen LogP contribution in [0, 0.1) is 5.92 Å². The van der Waals surface area contributed by atoms with Crippen molar-refractivity contribution in [2.24, 2.45) is 5.92 Å². The summed E-state index contributed by atoms with van der Waals surface area (Å²) < 4.78 is 5.41. The van der Waals surface area contributed by atoms with Crippen molar-refractivity contribution in [1.29, 1.82) is 0 Å². The van der Waals surface area contributed by atoms with E-state index in [1.54, 1.807) is 0 Å². The first-order valence-electron chi connectivity index (χ1n) is 4.93. The number of fused-ring (bicyclic) bond motifs is 2. The zero-order valence-corrected chi connectivity index (χ0v) is 10.6. The average molecular weight is 296 g/mol. The number of alkyl halides is 1. The fourth-order valence-electron chi connectivity index (χ4n) is 2.88. The summed E-state index contributed by atoms with van der Waals surface area (Å²) in [7, 11) is 0. The lowest BCUT2D eigenvalue weighted by Gasteiger charge is -2.39. The van der Waals surface area contributed by atoms with Crippen molar-refractivity contribution in [3.05, 3.63) is 0 Å². The number of hydrogen-bond donors (Lipinski definition) is 1. The predicted octanol–water partition coefficient (Wildman–Crippen LogP) is 2.48. The fraction of sp³-hybridized carbons (Fsp3) is 1.00. The molecular weight excluding hydrogens is 279 g/mol. The number of aliphatic hydroxyl groups is 1. The highest BCUT2D eigenvalue weighted by Gasteiger charge is 2.67. The van der Waals surface area contributed by atoms with Gasteiger partial charge in [0.25, 0.3) is 0 Å². The molecule has 2 aliphatic heterocycles. The standard InChI is InChI=1S/C10H17IO2/c1-7(2)9-5-4-8(3,13-9)6-10(9,11)12/h7,12H,4-6H2,1-3H3. The van der Waals surface area contributed by atoms with Gasteiger partial charge in [-0.1, -0.05) is 13.8 Å². The van der Waals surface area contributed by atoms with Gasteiger partial charge in [0, 0.05) is 6.42 Å². The number of ether oxygens (including phenoxy) is 1. The first-order valence-corrected chi connectivity index (χ1v) is 6.01. The molecule has 1 N–H and O–H groups in total. The molecule has 2 nitrogen and oxygen atoms in total. The van der Waals surface area contributed by atoms with Crippen molar-refractivity contribution < 1.29 is 9.84 Å². The van der Waals surface area contributed by atoms with Crippen LogP contribution < -0.4 is 0 Å². The summed E-state index contributed by atoms with van der Waals surface area (Å²) in [5.74, 6) is 0.388. The van der Waals surface area contributed by atoms with E-state index >= 15 is 0 Å². The molecule has 2 saturated heterocycles. The maximum absolute atomic E-state index is 10.3. The van der Waals surface area contributed by atoms with Gasteiger partial charge in [-0.25, -0.2) is 0 Å². The smallest absolute Gasteiger partial charge is 0.147 e. The first kappa shape index (κ1) is 10.2. The van der Waals surface area contributed by atoms with Crippen molar-refractivity contribution >= 4 is 22.6 Å². The van der Waals surface area contributed by atoms with E-state index in [2.05, 4.69) is 43.4 Å². The van der Waals surface area contributed by atoms with Crippen molar-refractivity contribution in [3.63, 3.8) is 0 Å². The average Bonchev–Trinajstić information content (AvgIpc) is 2.35. The highest BCUT2D eigenvalue weighted by atomic mass is 127. The van der Waals surface area contributed by atoms with Gasteiger partial charge in [0.15, 0.2) is 0 Å². The van der Waals surface area contributed by atoms with Gasteiger partial charge in [-0.3, -0.25) is 0 Å². The second-order valence-electron chi connectivity index (χ2n) is 5.03. The van der Waals surface area contributed by atoms with Crippen LogP contribution in [0.3, 0.4) is 0 Å². The molecule has 0 radical (unpaired) electrons. The zero-order chi connectivity index (χ0) is 9.91. The Bertz CT molecular complexity index is 239. The lowest BCUT2D eigenvalue weighted by Crippen LogP contribution is -2.50. The summed E-state index contributed by atoms with van der Waals surface area (Å²) >= 11 is 2.17. The van der Waals surface area contributed by atoms with E-state index in [1.165, 1.54) is 0 Å². The van der Waals surface area contributed by atoms with E-state index in [0.717, 1.165) is 19.3 Å². The molecule has 2 aliphatic rings. The van der Waals surface area contributed by atoms with E-state index < -0.39 is 3.61 Å². The van der Waals surface area contributed by atoms with Crippen LogP contribution >= 0.6 is 22.6 Å². The minimum atomic E-state index is -0.661. The van der Waals surface area contributed by atoms with Crippen LogP contribution in [0.15, 0.2) is 0 Å². The van der Waals surface area contributed by atoms with E-state index in [9.17, 15) is 5.11 Å². The molecule has 2 rings (SSSR count). The molecule has 0 spiro atoms. The van der Waals surface area contributed by atoms with Crippen molar-refractivity contribution in [1.82, 2.24) is 0 Å². The molecular formula is C10H17IO2. The van der Waals surface area contributed by atoms with Crippen molar-refractivity contribution in [2.75, 3.05) is 0 Å². The van der Waals surface area contributed by atoms with Crippen LogP contribution in [0.25, 0.3) is 0 Å². The van der Waals surface area contributed by atoms with Crippen LogP contribution in [-0.4, -0.2) is 19.9 Å². The molecule has 2 heterocycles. The molecule has 0 aromatic heterocycles. The lowest BCUT2D eigenvalue weighted by atomic mass is 9.75. The molecule has 0 aromatic carbocycles. The molecule has 0 aromatic rings. The monoisotopic (exact) mass is 296 g/mol. The Labute approximate surface area is 93.2 Å². The maximum atomic E-state index is 10.3. The molecule has 76 valence electrons. The Morgan fingerprint density at radius 2 is 2.00 bits per heavy atom. The Morgan fingerprint density at radius 3 is 2.23 bits per heavy atom. The summed E-state index contributed by atoms with van der Waals surface area (Å²) in [6.45, 7) is 6.40. The first-order chi connectivity index (χ1) is 5.81. The molecule has 0 amide bonds. The Balaban J connectivity index is 2.38. The van der Waals surface area contributed by atoms with E-state index in [1.807, 2.05) is 0 Å². The van der Waals surface area contributed by atoms with Gasteiger partial charge >= 0.3 is 0 Å². The molecule has 2 bridgehead atoms. The third kappa shape index (κ3) is 1.20. The van der Waals surface area contributed by atoms with Gasteiger partial charge in [-0.2, -0.15) is 0 Å². The minimum absolute atomic E-state index is 0.0692. The zero-order valence-electron chi connectivity index (χ0n) is 8.43. The van der Waals surface area contributed by atoms with Crippen LogP contribution in [0.4, 0.5) is 0 Å². The molecule has 3 atom stereocenters. The van der Waals surface area contributed by atoms with Crippen molar-refractivity contribution in [3.8, 4) is 0 Å². The summed E-state index contributed by atoms with van der Waals surface area (Å²) in [4.78, 5) is 0. The largest absolute Gasteiger partial charge is 0.376 e. The number of hydrogen-bond acceptors (Lipinski definition) is 2. The van der Waals surface area contributed by atoms with Gasteiger partial charge in [-0.15, -0.1) is 0 Å². The minimum Gasteiger partial charge on any atom is -0.376 e. The third-order valence-corrected chi connectivity index (χ3v) is 4.94. The molecule has 13 heavy (non-hydrogen) atoms. The number of rotatable bonds is 1. The van der Waals surface area contributed by atoms with Gasteiger partial charge in [-0.05, 0) is 48.3 Å². The third-order valence-electron chi connectivity index (χ3n) is 3.64. The highest BCUT2D eigenvalue weighted by Crippen LogP contribution is 2.61. The maximum Gasteiger partial charge on any atom is 0.147 e. The predicted molar refractivity (Wildman–Crippen MR) is 59.9 cm³/mol. The summed E-state index contributed by atoms with van der Waals surface area (Å²) in [5, 5.41) is 10.3. The molecule has 3 unspecified atom stereocenters. The van der Waals surface area contributed by atoms with E-state index in [-0.39, 0.29) is 11.2 Å². The van der Waals surface area contributed by atoms with Gasteiger partial charge in [0.2, 0.25) is 0 Å². The van der Waals surface area contributed by atoms with Crippen molar-refractivity contribution in [2.45, 2.75) is 54.8 Å².